The molecule has 2 heteroatoms. The minimum absolute atomic E-state index is 1.16. The number of hydrogen-bond donors (Lipinski definition) is 1. The molecule has 12 heavy (non-hydrogen) atoms. The van der Waals surface area contributed by atoms with Crippen molar-refractivity contribution in [2.24, 2.45) is 0 Å². The van der Waals surface area contributed by atoms with Crippen LogP contribution in [0.5, 0.6) is 0 Å². The van der Waals surface area contributed by atoms with Crippen LogP contribution in [0.25, 0.3) is 10.8 Å². The van der Waals surface area contributed by atoms with Crippen molar-refractivity contribution < 1.29 is 5.32 Å². The van der Waals surface area contributed by atoms with Gasteiger partial charge in [-0.05, 0) is 12.1 Å². The van der Waals surface area contributed by atoms with E-state index in [0.29, 0.717) is 0 Å². The van der Waals surface area contributed by atoms with E-state index in [9.17, 15) is 0 Å². The maximum Gasteiger partial charge on any atom is 0.111 e. The maximum atomic E-state index is 4.05. The van der Waals surface area contributed by atoms with Crippen molar-refractivity contribution in [3.63, 3.8) is 0 Å². The molecule has 1 aromatic carbocycles. The summed E-state index contributed by atoms with van der Waals surface area (Å²) in [6.07, 6.45) is 3.66. The highest BCUT2D eigenvalue weighted by atomic mass is 14.8. The summed E-state index contributed by atoms with van der Waals surface area (Å²) in [7, 11) is 3.76. The van der Waals surface area contributed by atoms with Crippen LogP contribution in [0.15, 0.2) is 36.7 Å². The lowest BCUT2D eigenvalue weighted by molar-refractivity contribution is -0.503. The second-order valence-corrected chi connectivity index (χ2v) is 2.65. The van der Waals surface area contributed by atoms with Crippen molar-refractivity contribution in [2.75, 3.05) is 0 Å². The first-order valence-electron chi connectivity index (χ1n) is 3.87. The molecule has 1 aromatic heterocycles. The predicted octanol–water partition coefficient (Wildman–Crippen LogP) is 1.22. The quantitative estimate of drug-likeness (QED) is 0.490. The van der Waals surface area contributed by atoms with Crippen molar-refractivity contribution in [3.8, 4) is 0 Å². The van der Waals surface area contributed by atoms with Crippen molar-refractivity contribution >= 4 is 16.5 Å². The van der Waals surface area contributed by atoms with E-state index in [-0.39, 0.29) is 0 Å². The molecule has 2 aromatic rings. The van der Waals surface area contributed by atoms with Gasteiger partial charge in [-0.1, -0.05) is 12.1 Å². The summed E-state index contributed by atoms with van der Waals surface area (Å²) in [4.78, 5) is 4.05. The lowest BCUT2D eigenvalue weighted by atomic mass is 10.1. The minimum Gasteiger partial charge on any atom is -0.445 e. The molecule has 0 aliphatic carbocycles. The molecule has 0 radical (unpaired) electrons. The third-order valence-corrected chi connectivity index (χ3v) is 1.93. The van der Waals surface area contributed by atoms with E-state index < -0.39 is 0 Å². The van der Waals surface area contributed by atoms with Crippen LogP contribution in [0, 0.1) is 7.05 Å². The summed E-state index contributed by atoms with van der Waals surface area (Å²) in [5.41, 5.74) is 1.16. The fourth-order valence-corrected chi connectivity index (χ4v) is 1.33. The van der Waals surface area contributed by atoms with Gasteiger partial charge in [-0.15, -0.1) is 7.05 Å². The second-order valence-electron chi connectivity index (χ2n) is 2.65. The summed E-state index contributed by atoms with van der Waals surface area (Å²) in [6, 6.07) is 8.12. The lowest BCUT2D eigenvalue weighted by Gasteiger charge is -2.02. The molecule has 2 N–H and O–H groups in total. The van der Waals surface area contributed by atoms with Crippen LogP contribution < -0.4 is 5.32 Å². The molecule has 0 aliphatic heterocycles. The number of benzene rings is 1. The molecule has 0 bridgehead atoms. The number of fused-ring (bicyclic) bond motifs is 1. The van der Waals surface area contributed by atoms with Gasteiger partial charge in [-0.3, -0.25) is 4.98 Å². The van der Waals surface area contributed by atoms with Gasteiger partial charge in [0, 0.05) is 23.2 Å². The van der Waals surface area contributed by atoms with Crippen molar-refractivity contribution in [1.82, 2.24) is 4.98 Å². The van der Waals surface area contributed by atoms with Crippen molar-refractivity contribution in [1.29, 1.82) is 0 Å². The standard InChI is InChI=1S/C10H10N2/c1-11-10-4-2-3-8-7-12-6-5-9(8)10/h2-7H,1,11H2. The summed E-state index contributed by atoms with van der Waals surface area (Å²) in [5.74, 6) is 0. The molecular formula is C10H10N2. The smallest absolute Gasteiger partial charge is 0.111 e. The van der Waals surface area contributed by atoms with Gasteiger partial charge < -0.3 is 5.32 Å². The molecule has 0 spiro atoms. The van der Waals surface area contributed by atoms with Crippen LogP contribution in [0.2, 0.25) is 0 Å². The Kier molecular flexibility index (Phi) is 1.76. The monoisotopic (exact) mass is 158 g/mol. The normalized spacial score (nSPS) is 10.4. The summed E-state index contributed by atoms with van der Waals surface area (Å²) >= 11 is 0. The summed E-state index contributed by atoms with van der Waals surface area (Å²) in [6.45, 7) is 0. The lowest BCUT2D eigenvalue weighted by Crippen LogP contribution is -2.69. The fraction of sp³-hybridized carbons (Fsp3) is 0. The molecule has 0 atom stereocenters. The zero-order valence-corrected chi connectivity index (χ0v) is 6.70. The Morgan fingerprint density at radius 2 is 2.17 bits per heavy atom. The van der Waals surface area contributed by atoms with E-state index in [1.807, 2.05) is 23.6 Å². The molecule has 0 unspecified atom stereocenters. The number of aromatic nitrogens is 1. The Balaban J connectivity index is 2.79. The Labute approximate surface area is 71.2 Å². The Morgan fingerprint density at radius 3 is 3.00 bits per heavy atom. The molecule has 1 heterocycles. The molecule has 0 aliphatic rings. The van der Waals surface area contributed by atoms with E-state index in [2.05, 4.69) is 24.2 Å². The van der Waals surface area contributed by atoms with Crippen LogP contribution in [0.1, 0.15) is 0 Å². The number of rotatable bonds is 1. The topological polar surface area (TPSA) is 29.5 Å². The van der Waals surface area contributed by atoms with Gasteiger partial charge in [-0.25, -0.2) is 0 Å². The number of nitrogens with zero attached hydrogens (tertiary/aromatic N) is 1. The van der Waals surface area contributed by atoms with Crippen LogP contribution in [-0.2, 0) is 0 Å². The third-order valence-electron chi connectivity index (χ3n) is 1.93. The first-order chi connectivity index (χ1) is 5.92. The number of quaternary nitrogens is 1. The SMILES string of the molecule is [CH2-][NH2+]c1cccc2cnccc12. The van der Waals surface area contributed by atoms with Gasteiger partial charge in [0.05, 0.1) is 0 Å². The van der Waals surface area contributed by atoms with Crippen molar-refractivity contribution in [2.45, 2.75) is 0 Å². The Hall–Kier alpha value is -1.41. The Morgan fingerprint density at radius 1 is 1.25 bits per heavy atom. The number of hydrogen-bond acceptors (Lipinski definition) is 1. The van der Waals surface area contributed by atoms with Crippen LogP contribution in [0.3, 0.4) is 0 Å². The van der Waals surface area contributed by atoms with Crippen LogP contribution >= 0.6 is 0 Å². The molecule has 60 valence electrons. The zero-order valence-electron chi connectivity index (χ0n) is 6.70. The van der Waals surface area contributed by atoms with E-state index in [4.69, 9.17) is 0 Å². The fourth-order valence-electron chi connectivity index (χ4n) is 1.33. The third kappa shape index (κ3) is 1.06. The maximum absolute atomic E-state index is 4.05. The predicted molar refractivity (Wildman–Crippen MR) is 48.7 cm³/mol. The van der Waals surface area contributed by atoms with E-state index in [1.54, 1.807) is 6.20 Å². The summed E-state index contributed by atoms with van der Waals surface area (Å²) < 4.78 is 0. The summed E-state index contributed by atoms with van der Waals surface area (Å²) in [5, 5.41) is 4.24. The van der Waals surface area contributed by atoms with E-state index in [1.165, 1.54) is 5.39 Å². The van der Waals surface area contributed by atoms with Crippen LogP contribution in [0.4, 0.5) is 5.69 Å². The van der Waals surface area contributed by atoms with Gasteiger partial charge in [0.25, 0.3) is 0 Å². The van der Waals surface area contributed by atoms with Gasteiger partial charge in [0.15, 0.2) is 0 Å². The highest BCUT2D eigenvalue weighted by molar-refractivity contribution is 5.89. The highest BCUT2D eigenvalue weighted by Crippen LogP contribution is 2.17. The first-order valence-corrected chi connectivity index (χ1v) is 3.87. The van der Waals surface area contributed by atoms with Crippen molar-refractivity contribution in [3.05, 3.63) is 43.7 Å². The van der Waals surface area contributed by atoms with E-state index in [0.717, 1.165) is 11.1 Å². The average Bonchev–Trinajstić information content (AvgIpc) is 2.17. The molecule has 2 rings (SSSR count). The van der Waals surface area contributed by atoms with Gasteiger partial charge >= 0.3 is 0 Å². The zero-order chi connectivity index (χ0) is 8.39. The molecular weight excluding hydrogens is 148 g/mol. The minimum atomic E-state index is 1.16. The average molecular weight is 158 g/mol. The largest absolute Gasteiger partial charge is 0.445 e. The molecule has 2 nitrogen and oxygen atoms in total. The van der Waals surface area contributed by atoms with Gasteiger partial charge in [0.2, 0.25) is 0 Å². The number of nitrogens with two attached hydrogens (primary N) is 1. The molecule has 0 saturated carbocycles. The first kappa shape index (κ1) is 7.25. The Bertz CT molecular complexity index is 390. The van der Waals surface area contributed by atoms with Gasteiger partial charge in [0.1, 0.15) is 5.69 Å². The molecule has 0 fully saturated rings. The number of pyridine rings is 1. The second kappa shape index (κ2) is 2.91. The molecule has 0 amide bonds. The molecule has 0 saturated heterocycles. The van der Waals surface area contributed by atoms with E-state index >= 15 is 0 Å². The van der Waals surface area contributed by atoms with Gasteiger partial charge in [-0.2, -0.15) is 0 Å². The highest BCUT2D eigenvalue weighted by Gasteiger charge is 1.97. The van der Waals surface area contributed by atoms with Crippen LogP contribution in [-0.4, -0.2) is 4.98 Å².